The van der Waals surface area contributed by atoms with Gasteiger partial charge in [-0.1, -0.05) is 17.3 Å². The molecule has 1 saturated heterocycles. The van der Waals surface area contributed by atoms with Crippen LogP contribution in [0.2, 0.25) is 0 Å². The van der Waals surface area contributed by atoms with E-state index in [0.717, 1.165) is 31.7 Å². The lowest BCUT2D eigenvalue weighted by Crippen LogP contribution is -2.47. The van der Waals surface area contributed by atoms with Crippen LogP contribution < -0.4 is 0 Å². The van der Waals surface area contributed by atoms with E-state index in [9.17, 15) is 4.39 Å². The summed E-state index contributed by atoms with van der Waals surface area (Å²) in [6, 6.07) is 7.22. The molecule has 0 saturated carbocycles. The summed E-state index contributed by atoms with van der Waals surface area (Å²) >= 11 is 0. The fraction of sp³-hybridized carbons (Fsp3) is 0.529. The normalized spacial score (nSPS) is 19.7. The molecule has 0 radical (unpaired) electrons. The molecule has 1 aliphatic heterocycles. The van der Waals surface area contributed by atoms with E-state index in [1.54, 1.807) is 12.1 Å². The zero-order chi connectivity index (χ0) is 16.4. The van der Waals surface area contributed by atoms with Gasteiger partial charge >= 0.3 is 0 Å². The fourth-order valence-corrected chi connectivity index (χ4v) is 3.13. The lowest BCUT2D eigenvalue weighted by Gasteiger charge is -2.39. The van der Waals surface area contributed by atoms with Gasteiger partial charge in [-0.25, -0.2) is 4.39 Å². The third-order valence-corrected chi connectivity index (χ3v) is 4.68. The molecule has 23 heavy (non-hydrogen) atoms. The first kappa shape index (κ1) is 16.1. The van der Waals surface area contributed by atoms with E-state index in [1.165, 1.54) is 6.07 Å². The number of benzene rings is 1. The van der Waals surface area contributed by atoms with E-state index in [1.807, 2.05) is 13.0 Å². The van der Waals surface area contributed by atoms with Crippen LogP contribution in [0.25, 0.3) is 0 Å². The minimum Gasteiger partial charge on any atom is -0.338 e. The second kappa shape index (κ2) is 6.76. The Morgan fingerprint density at radius 1 is 1.09 bits per heavy atom. The van der Waals surface area contributed by atoms with Gasteiger partial charge < -0.3 is 4.52 Å². The summed E-state index contributed by atoms with van der Waals surface area (Å²) in [4.78, 5) is 9.06. The van der Waals surface area contributed by atoms with E-state index in [4.69, 9.17) is 4.52 Å². The van der Waals surface area contributed by atoms with Crippen LogP contribution in [-0.2, 0) is 0 Å². The van der Waals surface area contributed by atoms with Gasteiger partial charge in [-0.2, -0.15) is 4.98 Å². The summed E-state index contributed by atoms with van der Waals surface area (Å²) in [5, 5.41) is 3.86. The molecule has 5 nitrogen and oxygen atoms in total. The van der Waals surface area contributed by atoms with E-state index in [2.05, 4.69) is 33.8 Å². The quantitative estimate of drug-likeness (QED) is 0.867. The molecule has 0 N–H and O–H groups in total. The molecule has 2 aromatic rings. The van der Waals surface area contributed by atoms with Gasteiger partial charge in [0, 0.05) is 32.2 Å². The van der Waals surface area contributed by atoms with Crippen molar-refractivity contribution in [3.8, 4) is 0 Å². The fourth-order valence-electron chi connectivity index (χ4n) is 3.13. The SMILES string of the molecule is Cc1noc([C@H](C)N2CCN([C@@H](C)c3cccc(F)c3)CC2)n1. The summed E-state index contributed by atoms with van der Waals surface area (Å²) in [7, 11) is 0. The Hall–Kier alpha value is -1.79. The maximum Gasteiger partial charge on any atom is 0.243 e. The van der Waals surface area contributed by atoms with Crippen molar-refractivity contribution in [3.63, 3.8) is 0 Å². The Balaban J connectivity index is 1.59. The highest BCUT2D eigenvalue weighted by molar-refractivity contribution is 5.19. The van der Waals surface area contributed by atoms with Crippen molar-refractivity contribution < 1.29 is 8.91 Å². The number of aromatic nitrogens is 2. The highest BCUT2D eigenvalue weighted by Gasteiger charge is 2.27. The molecule has 2 heterocycles. The number of piperazine rings is 1. The predicted octanol–water partition coefficient (Wildman–Crippen LogP) is 2.96. The van der Waals surface area contributed by atoms with Gasteiger partial charge in [-0.05, 0) is 38.5 Å². The first-order valence-corrected chi connectivity index (χ1v) is 8.08. The van der Waals surface area contributed by atoms with Crippen LogP contribution in [0.3, 0.4) is 0 Å². The summed E-state index contributed by atoms with van der Waals surface area (Å²) in [6.07, 6.45) is 0. The third kappa shape index (κ3) is 3.59. The standard InChI is InChI=1S/C17H23FN4O/c1-12(15-5-4-6-16(18)11-15)21-7-9-22(10-8-21)13(2)17-19-14(3)20-23-17/h4-6,11-13H,7-10H2,1-3H3/t12-,13-/m0/s1. The Bertz CT molecular complexity index is 652. The van der Waals surface area contributed by atoms with Gasteiger partial charge in [-0.3, -0.25) is 9.80 Å². The van der Waals surface area contributed by atoms with Crippen molar-refractivity contribution in [2.24, 2.45) is 0 Å². The van der Waals surface area contributed by atoms with Gasteiger partial charge in [0.25, 0.3) is 0 Å². The van der Waals surface area contributed by atoms with Gasteiger partial charge in [-0.15, -0.1) is 0 Å². The second-order valence-corrected chi connectivity index (χ2v) is 6.16. The molecule has 1 aromatic heterocycles. The van der Waals surface area contributed by atoms with Crippen LogP contribution in [0.4, 0.5) is 4.39 Å². The van der Waals surface area contributed by atoms with Crippen molar-refractivity contribution >= 4 is 0 Å². The Labute approximate surface area is 136 Å². The Kier molecular flexibility index (Phi) is 4.73. The van der Waals surface area contributed by atoms with E-state index < -0.39 is 0 Å². The number of halogens is 1. The van der Waals surface area contributed by atoms with Crippen molar-refractivity contribution in [2.75, 3.05) is 26.2 Å². The molecule has 124 valence electrons. The molecule has 0 unspecified atom stereocenters. The second-order valence-electron chi connectivity index (χ2n) is 6.16. The molecule has 0 amide bonds. The molecule has 2 atom stereocenters. The summed E-state index contributed by atoms with van der Waals surface area (Å²) < 4.78 is 18.7. The Morgan fingerprint density at radius 2 is 1.74 bits per heavy atom. The molecule has 6 heteroatoms. The van der Waals surface area contributed by atoms with Gasteiger partial charge in [0.2, 0.25) is 5.89 Å². The van der Waals surface area contributed by atoms with Crippen LogP contribution in [0, 0.1) is 12.7 Å². The van der Waals surface area contributed by atoms with Gasteiger partial charge in [0.15, 0.2) is 5.82 Å². The number of aryl methyl sites for hydroxylation is 1. The average molecular weight is 318 g/mol. The van der Waals surface area contributed by atoms with Gasteiger partial charge in [0.1, 0.15) is 5.82 Å². The van der Waals surface area contributed by atoms with Crippen LogP contribution in [0.1, 0.15) is 43.2 Å². The number of nitrogens with zero attached hydrogens (tertiary/aromatic N) is 4. The molecule has 1 aliphatic rings. The largest absolute Gasteiger partial charge is 0.338 e. The van der Waals surface area contributed by atoms with Crippen LogP contribution in [0.5, 0.6) is 0 Å². The monoisotopic (exact) mass is 318 g/mol. The summed E-state index contributed by atoms with van der Waals surface area (Å²) in [5.74, 6) is 1.17. The number of hydrogen-bond donors (Lipinski definition) is 0. The number of hydrogen-bond acceptors (Lipinski definition) is 5. The Morgan fingerprint density at radius 3 is 2.30 bits per heavy atom. The first-order valence-electron chi connectivity index (χ1n) is 8.08. The molecule has 0 aliphatic carbocycles. The third-order valence-electron chi connectivity index (χ3n) is 4.68. The zero-order valence-corrected chi connectivity index (χ0v) is 13.9. The zero-order valence-electron chi connectivity index (χ0n) is 13.9. The maximum absolute atomic E-state index is 13.4. The minimum absolute atomic E-state index is 0.128. The molecular weight excluding hydrogens is 295 g/mol. The van der Waals surface area contributed by atoms with E-state index >= 15 is 0 Å². The number of rotatable bonds is 4. The predicted molar refractivity (Wildman–Crippen MR) is 85.4 cm³/mol. The van der Waals surface area contributed by atoms with E-state index in [0.29, 0.717) is 11.7 Å². The first-order chi connectivity index (χ1) is 11.0. The van der Waals surface area contributed by atoms with E-state index in [-0.39, 0.29) is 17.9 Å². The van der Waals surface area contributed by atoms with Crippen LogP contribution in [0.15, 0.2) is 28.8 Å². The van der Waals surface area contributed by atoms with Gasteiger partial charge in [0.05, 0.1) is 6.04 Å². The highest BCUT2D eigenvalue weighted by Crippen LogP contribution is 2.25. The van der Waals surface area contributed by atoms with Crippen molar-refractivity contribution in [3.05, 3.63) is 47.4 Å². The molecule has 3 rings (SSSR count). The van der Waals surface area contributed by atoms with Crippen molar-refractivity contribution in [1.82, 2.24) is 19.9 Å². The topological polar surface area (TPSA) is 45.4 Å². The lowest BCUT2D eigenvalue weighted by atomic mass is 10.1. The highest BCUT2D eigenvalue weighted by atomic mass is 19.1. The molecular formula is C17H23FN4O. The molecule has 1 fully saturated rings. The lowest BCUT2D eigenvalue weighted by molar-refractivity contribution is 0.0677. The maximum atomic E-state index is 13.4. The molecule has 0 bridgehead atoms. The molecule has 0 spiro atoms. The minimum atomic E-state index is -0.173. The van der Waals surface area contributed by atoms with Crippen LogP contribution >= 0.6 is 0 Å². The van der Waals surface area contributed by atoms with Crippen molar-refractivity contribution in [1.29, 1.82) is 0 Å². The summed E-state index contributed by atoms with van der Waals surface area (Å²) in [5.41, 5.74) is 1.03. The van der Waals surface area contributed by atoms with Crippen LogP contribution in [-0.4, -0.2) is 46.1 Å². The average Bonchev–Trinajstić information content (AvgIpc) is 3.00. The van der Waals surface area contributed by atoms with Crippen molar-refractivity contribution in [2.45, 2.75) is 32.9 Å². The molecule has 1 aromatic carbocycles. The summed E-state index contributed by atoms with van der Waals surface area (Å²) in [6.45, 7) is 9.81. The smallest absolute Gasteiger partial charge is 0.243 e.